The zero-order chi connectivity index (χ0) is 18.5. The lowest BCUT2D eigenvalue weighted by molar-refractivity contribution is 0.768. The maximum atomic E-state index is 6.16. The first-order valence-corrected chi connectivity index (χ1v) is 9.75. The fourth-order valence-corrected chi connectivity index (χ4v) is 3.30. The van der Waals surface area contributed by atoms with E-state index < -0.39 is 0 Å². The molecule has 0 spiro atoms. The number of nitrogens with one attached hydrogen (secondary N) is 2. The van der Waals surface area contributed by atoms with Crippen LogP contribution in [0.3, 0.4) is 0 Å². The SMILES string of the molecule is Cc1ccc(C(NC(=S)Nc2ccc(Br)c(Cl)c2)c2ccccc2)cc1. The summed E-state index contributed by atoms with van der Waals surface area (Å²) in [6.07, 6.45) is 0. The average Bonchev–Trinajstić information content (AvgIpc) is 2.64. The molecule has 0 aliphatic heterocycles. The molecule has 26 heavy (non-hydrogen) atoms. The highest BCUT2D eigenvalue weighted by Crippen LogP contribution is 2.26. The number of thiocarbonyl (C=S) groups is 1. The van der Waals surface area contributed by atoms with Crippen molar-refractivity contribution in [2.45, 2.75) is 13.0 Å². The molecule has 3 rings (SSSR count). The molecule has 3 aromatic carbocycles. The van der Waals surface area contributed by atoms with Crippen LogP contribution in [0, 0.1) is 6.92 Å². The Morgan fingerprint density at radius 2 is 1.62 bits per heavy atom. The highest BCUT2D eigenvalue weighted by Gasteiger charge is 2.15. The summed E-state index contributed by atoms with van der Waals surface area (Å²) in [6, 6.07) is 24.3. The zero-order valence-corrected chi connectivity index (χ0v) is 17.3. The maximum Gasteiger partial charge on any atom is 0.171 e. The number of halogens is 2. The van der Waals surface area contributed by atoms with Gasteiger partial charge < -0.3 is 10.6 Å². The van der Waals surface area contributed by atoms with Gasteiger partial charge in [-0.1, -0.05) is 71.8 Å². The molecule has 0 heterocycles. The van der Waals surface area contributed by atoms with E-state index in [1.54, 1.807) is 0 Å². The second-order valence-electron chi connectivity index (χ2n) is 5.98. The molecule has 0 radical (unpaired) electrons. The molecular weight excluding hydrogens is 428 g/mol. The molecule has 0 fully saturated rings. The third kappa shape index (κ3) is 4.85. The van der Waals surface area contributed by atoms with Gasteiger partial charge in [0.05, 0.1) is 11.1 Å². The van der Waals surface area contributed by atoms with E-state index in [4.69, 9.17) is 23.8 Å². The third-order valence-electron chi connectivity index (χ3n) is 4.00. The van der Waals surface area contributed by atoms with Crippen LogP contribution in [0.15, 0.2) is 77.3 Å². The molecule has 0 aliphatic rings. The lowest BCUT2D eigenvalue weighted by atomic mass is 9.98. The quantitative estimate of drug-likeness (QED) is 0.449. The van der Waals surface area contributed by atoms with Gasteiger partial charge in [-0.05, 0) is 64.4 Å². The summed E-state index contributed by atoms with van der Waals surface area (Å²) in [5, 5.41) is 7.80. The van der Waals surface area contributed by atoms with Crippen LogP contribution in [0.25, 0.3) is 0 Å². The van der Waals surface area contributed by atoms with Crippen molar-refractivity contribution >= 4 is 50.5 Å². The van der Waals surface area contributed by atoms with Gasteiger partial charge in [0.2, 0.25) is 0 Å². The van der Waals surface area contributed by atoms with Gasteiger partial charge in [0.15, 0.2) is 5.11 Å². The lowest BCUT2D eigenvalue weighted by Crippen LogP contribution is -2.33. The Hall–Kier alpha value is -1.88. The summed E-state index contributed by atoms with van der Waals surface area (Å²) in [4.78, 5) is 0. The van der Waals surface area contributed by atoms with Crippen LogP contribution < -0.4 is 10.6 Å². The van der Waals surface area contributed by atoms with Crippen molar-refractivity contribution in [2.24, 2.45) is 0 Å². The molecule has 2 nitrogen and oxygen atoms in total. The first kappa shape index (κ1) is 18.9. The number of anilines is 1. The molecule has 0 aliphatic carbocycles. The summed E-state index contributed by atoms with van der Waals surface area (Å²) >= 11 is 15.1. The van der Waals surface area contributed by atoms with Gasteiger partial charge in [0, 0.05) is 10.2 Å². The number of aryl methyl sites for hydroxylation is 1. The Balaban J connectivity index is 1.82. The van der Waals surface area contributed by atoms with Crippen molar-refractivity contribution < 1.29 is 0 Å². The molecule has 1 unspecified atom stereocenters. The molecule has 0 saturated heterocycles. The second-order valence-corrected chi connectivity index (χ2v) is 7.65. The predicted octanol–water partition coefficient (Wildman–Crippen LogP) is 6.49. The van der Waals surface area contributed by atoms with Gasteiger partial charge >= 0.3 is 0 Å². The standard InChI is InChI=1S/C21H18BrClN2S/c1-14-7-9-16(10-8-14)20(15-5-3-2-4-6-15)25-21(26)24-17-11-12-18(22)19(23)13-17/h2-13,20H,1H3,(H2,24,25,26). The van der Waals surface area contributed by atoms with Gasteiger partial charge in [-0.25, -0.2) is 0 Å². The number of rotatable bonds is 4. The van der Waals surface area contributed by atoms with Crippen LogP contribution >= 0.6 is 39.7 Å². The van der Waals surface area contributed by atoms with E-state index in [1.807, 2.05) is 36.4 Å². The molecule has 2 N–H and O–H groups in total. The van der Waals surface area contributed by atoms with E-state index in [0.29, 0.717) is 10.1 Å². The minimum absolute atomic E-state index is 0.0391. The largest absolute Gasteiger partial charge is 0.352 e. The molecular formula is C21H18BrClN2S. The molecule has 1 atom stereocenters. The van der Waals surface area contributed by atoms with Gasteiger partial charge in [0.1, 0.15) is 0 Å². The Labute approximate surface area is 172 Å². The van der Waals surface area contributed by atoms with Crippen LogP contribution in [0.1, 0.15) is 22.7 Å². The summed E-state index contributed by atoms with van der Waals surface area (Å²) in [6.45, 7) is 2.08. The first-order chi connectivity index (χ1) is 12.5. The fourth-order valence-electron chi connectivity index (χ4n) is 2.64. The van der Waals surface area contributed by atoms with E-state index in [0.717, 1.165) is 21.3 Å². The Bertz CT molecular complexity index is 898. The molecule has 132 valence electrons. The van der Waals surface area contributed by atoms with Crippen LogP contribution in [-0.4, -0.2) is 5.11 Å². The minimum Gasteiger partial charge on any atom is -0.352 e. The van der Waals surface area contributed by atoms with Crippen LogP contribution in [-0.2, 0) is 0 Å². The topological polar surface area (TPSA) is 24.1 Å². The van der Waals surface area contributed by atoms with Gasteiger partial charge in [-0.15, -0.1) is 0 Å². The van der Waals surface area contributed by atoms with Gasteiger partial charge in [-0.2, -0.15) is 0 Å². The monoisotopic (exact) mass is 444 g/mol. The third-order valence-corrected chi connectivity index (χ3v) is 5.45. The van der Waals surface area contributed by atoms with E-state index in [1.165, 1.54) is 5.56 Å². The van der Waals surface area contributed by atoms with Crippen molar-refractivity contribution in [3.8, 4) is 0 Å². The number of hydrogen-bond acceptors (Lipinski definition) is 1. The zero-order valence-electron chi connectivity index (χ0n) is 14.2. The van der Waals surface area contributed by atoms with E-state index in [2.05, 4.69) is 69.9 Å². The van der Waals surface area contributed by atoms with Gasteiger partial charge in [-0.3, -0.25) is 0 Å². The normalized spacial score (nSPS) is 11.7. The van der Waals surface area contributed by atoms with Crippen molar-refractivity contribution in [3.63, 3.8) is 0 Å². The molecule has 3 aromatic rings. The summed E-state index contributed by atoms with van der Waals surface area (Å²) in [7, 11) is 0. The predicted molar refractivity (Wildman–Crippen MR) is 118 cm³/mol. The Morgan fingerprint density at radius 1 is 0.962 bits per heavy atom. The fraction of sp³-hybridized carbons (Fsp3) is 0.0952. The lowest BCUT2D eigenvalue weighted by Gasteiger charge is -2.22. The first-order valence-electron chi connectivity index (χ1n) is 8.17. The summed E-state index contributed by atoms with van der Waals surface area (Å²) in [5.74, 6) is 0. The highest BCUT2D eigenvalue weighted by atomic mass is 79.9. The minimum atomic E-state index is -0.0391. The van der Waals surface area contributed by atoms with E-state index >= 15 is 0 Å². The van der Waals surface area contributed by atoms with Crippen molar-refractivity contribution in [1.29, 1.82) is 0 Å². The van der Waals surface area contributed by atoms with Crippen LogP contribution in [0.2, 0.25) is 5.02 Å². The molecule has 5 heteroatoms. The average molecular weight is 446 g/mol. The number of hydrogen-bond donors (Lipinski definition) is 2. The van der Waals surface area contributed by atoms with E-state index in [-0.39, 0.29) is 6.04 Å². The molecule has 0 bridgehead atoms. The summed E-state index contributed by atoms with van der Waals surface area (Å²) < 4.78 is 0.852. The Morgan fingerprint density at radius 3 is 2.27 bits per heavy atom. The maximum absolute atomic E-state index is 6.16. The van der Waals surface area contributed by atoms with Gasteiger partial charge in [0.25, 0.3) is 0 Å². The van der Waals surface area contributed by atoms with Crippen molar-refractivity contribution in [1.82, 2.24) is 5.32 Å². The molecule has 0 amide bonds. The van der Waals surface area contributed by atoms with Crippen molar-refractivity contribution in [2.75, 3.05) is 5.32 Å². The summed E-state index contributed by atoms with van der Waals surface area (Å²) in [5.41, 5.74) is 4.37. The van der Waals surface area contributed by atoms with Crippen molar-refractivity contribution in [3.05, 3.63) is 99.0 Å². The highest BCUT2D eigenvalue weighted by molar-refractivity contribution is 9.10. The van der Waals surface area contributed by atoms with Crippen LogP contribution in [0.5, 0.6) is 0 Å². The Kier molecular flexibility index (Phi) is 6.30. The second kappa shape index (κ2) is 8.67. The number of benzene rings is 3. The van der Waals surface area contributed by atoms with E-state index in [9.17, 15) is 0 Å². The molecule has 0 saturated carbocycles. The smallest absolute Gasteiger partial charge is 0.171 e. The van der Waals surface area contributed by atoms with Crippen LogP contribution in [0.4, 0.5) is 5.69 Å². The molecule has 0 aromatic heterocycles.